The SMILES string of the molecule is O=C(COc1ccc(C2SCCS2)cc1)Nc1cccc(C(=O)NC2CC2)c1. The van der Waals surface area contributed by atoms with Crippen LogP contribution in [0.25, 0.3) is 0 Å². The summed E-state index contributed by atoms with van der Waals surface area (Å²) < 4.78 is 6.09. The Labute approximate surface area is 173 Å². The average molecular weight is 415 g/mol. The van der Waals surface area contributed by atoms with E-state index < -0.39 is 0 Å². The van der Waals surface area contributed by atoms with Gasteiger partial charge in [0.15, 0.2) is 6.61 Å². The lowest BCUT2D eigenvalue weighted by molar-refractivity contribution is -0.118. The number of anilines is 1. The van der Waals surface area contributed by atoms with Gasteiger partial charge in [-0.25, -0.2) is 0 Å². The van der Waals surface area contributed by atoms with Crippen molar-refractivity contribution in [3.8, 4) is 5.75 Å². The van der Waals surface area contributed by atoms with E-state index in [0.29, 0.717) is 27.6 Å². The summed E-state index contributed by atoms with van der Waals surface area (Å²) in [6.07, 6.45) is 2.08. The van der Waals surface area contributed by atoms with Crippen LogP contribution in [-0.2, 0) is 4.79 Å². The first kappa shape index (κ1) is 19.2. The van der Waals surface area contributed by atoms with E-state index >= 15 is 0 Å². The fourth-order valence-corrected chi connectivity index (χ4v) is 5.71. The minimum atomic E-state index is -0.259. The topological polar surface area (TPSA) is 67.4 Å². The predicted molar refractivity (Wildman–Crippen MR) is 115 cm³/mol. The molecule has 0 aromatic heterocycles. The maximum atomic E-state index is 12.2. The van der Waals surface area contributed by atoms with Crippen LogP contribution >= 0.6 is 23.5 Å². The Morgan fingerprint density at radius 1 is 1.04 bits per heavy atom. The van der Waals surface area contributed by atoms with Crippen LogP contribution < -0.4 is 15.4 Å². The lowest BCUT2D eigenvalue weighted by Gasteiger charge is -2.11. The number of benzene rings is 2. The predicted octanol–water partition coefficient (Wildman–Crippen LogP) is 4.07. The van der Waals surface area contributed by atoms with Crippen molar-refractivity contribution in [1.82, 2.24) is 5.32 Å². The highest BCUT2D eigenvalue weighted by atomic mass is 32.2. The summed E-state index contributed by atoms with van der Waals surface area (Å²) in [6.45, 7) is -0.0786. The average Bonchev–Trinajstić information content (AvgIpc) is 3.35. The highest BCUT2D eigenvalue weighted by Crippen LogP contribution is 2.45. The number of rotatable bonds is 7. The van der Waals surface area contributed by atoms with Crippen LogP contribution in [0.4, 0.5) is 5.69 Å². The molecule has 2 N–H and O–H groups in total. The standard InChI is InChI=1S/C21H22N2O3S2/c24-19(13-26-18-8-4-14(5-9-18)21-27-10-11-28-21)22-17-3-1-2-15(12-17)20(25)23-16-6-7-16/h1-5,8-9,12,16,21H,6-7,10-11,13H2,(H,22,24)(H,23,25). The van der Waals surface area contributed by atoms with Crippen molar-refractivity contribution in [3.05, 3.63) is 59.7 Å². The van der Waals surface area contributed by atoms with Gasteiger partial charge in [-0.05, 0) is 48.7 Å². The molecule has 5 nitrogen and oxygen atoms in total. The lowest BCUT2D eigenvalue weighted by atomic mass is 10.2. The Hall–Kier alpha value is -2.12. The second kappa shape index (κ2) is 8.92. The van der Waals surface area contributed by atoms with Crippen molar-refractivity contribution < 1.29 is 14.3 Å². The monoisotopic (exact) mass is 414 g/mol. The Morgan fingerprint density at radius 2 is 1.79 bits per heavy atom. The van der Waals surface area contributed by atoms with Crippen LogP contribution in [0.15, 0.2) is 48.5 Å². The first-order chi connectivity index (χ1) is 13.7. The van der Waals surface area contributed by atoms with E-state index in [1.807, 2.05) is 35.7 Å². The maximum absolute atomic E-state index is 12.2. The molecule has 146 valence electrons. The fourth-order valence-electron chi connectivity index (χ4n) is 2.85. The lowest BCUT2D eigenvalue weighted by Crippen LogP contribution is -2.25. The largest absolute Gasteiger partial charge is 0.484 e. The number of ether oxygens (including phenoxy) is 1. The Balaban J connectivity index is 1.27. The fraction of sp³-hybridized carbons (Fsp3) is 0.333. The van der Waals surface area contributed by atoms with E-state index in [1.165, 1.54) is 17.1 Å². The Kier molecular flexibility index (Phi) is 6.12. The molecule has 1 aliphatic heterocycles. The van der Waals surface area contributed by atoms with Crippen molar-refractivity contribution in [2.24, 2.45) is 0 Å². The quantitative estimate of drug-likeness (QED) is 0.715. The molecule has 0 atom stereocenters. The maximum Gasteiger partial charge on any atom is 0.262 e. The molecular formula is C21H22N2O3S2. The van der Waals surface area contributed by atoms with Gasteiger partial charge in [-0.2, -0.15) is 0 Å². The summed E-state index contributed by atoms with van der Waals surface area (Å²) in [5, 5.41) is 5.72. The number of hydrogen-bond acceptors (Lipinski definition) is 5. The normalized spacial score (nSPS) is 16.6. The summed E-state index contributed by atoms with van der Waals surface area (Å²) in [5.41, 5.74) is 2.41. The third kappa shape index (κ3) is 5.23. The molecule has 0 spiro atoms. The van der Waals surface area contributed by atoms with E-state index in [1.54, 1.807) is 24.3 Å². The number of hydrogen-bond donors (Lipinski definition) is 2. The highest BCUT2D eigenvalue weighted by molar-refractivity contribution is 8.19. The van der Waals surface area contributed by atoms with Gasteiger partial charge in [0.1, 0.15) is 5.75 Å². The summed E-state index contributed by atoms with van der Waals surface area (Å²) in [4.78, 5) is 24.3. The van der Waals surface area contributed by atoms with Crippen LogP contribution in [0, 0.1) is 0 Å². The van der Waals surface area contributed by atoms with E-state index in [9.17, 15) is 9.59 Å². The molecular weight excluding hydrogens is 392 g/mol. The number of amides is 2. The molecule has 2 aromatic carbocycles. The second-order valence-corrected chi connectivity index (χ2v) is 9.53. The molecule has 0 radical (unpaired) electrons. The van der Waals surface area contributed by atoms with Gasteiger partial charge >= 0.3 is 0 Å². The summed E-state index contributed by atoms with van der Waals surface area (Å²) in [7, 11) is 0. The molecule has 0 bridgehead atoms. The van der Waals surface area contributed by atoms with Gasteiger partial charge in [-0.3, -0.25) is 9.59 Å². The van der Waals surface area contributed by atoms with Crippen LogP contribution in [0.2, 0.25) is 0 Å². The van der Waals surface area contributed by atoms with E-state index in [-0.39, 0.29) is 18.4 Å². The molecule has 2 aliphatic rings. The summed E-state index contributed by atoms with van der Waals surface area (Å²) >= 11 is 3.92. The zero-order valence-electron chi connectivity index (χ0n) is 15.4. The van der Waals surface area contributed by atoms with Crippen LogP contribution in [0.5, 0.6) is 5.75 Å². The van der Waals surface area contributed by atoms with Crippen molar-refractivity contribution in [2.75, 3.05) is 23.4 Å². The first-order valence-corrected chi connectivity index (χ1v) is 11.4. The van der Waals surface area contributed by atoms with E-state index in [0.717, 1.165) is 12.8 Å². The first-order valence-electron chi connectivity index (χ1n) is 9.34. The summed E-state index contributed by atoms with van der Waals surface area (Å²) in [6, 6.07) is 15.2. The van der Waals surface area contributed by atoms with Gasteiger partial charge in [0.2, 0.25) is 0 Å². The molecule has 2 aromatic rings. The number of nitrogens with one attached hydrogen (secondary N) is 2. The highest BCUT2D eigenvalue weighted by Gasteiger charge is 2.23. The smallest absolute Gasteiger partial charge is 0.262 e. The zero-order chi connectivity index (χ0) is 19.3. The molecule has 2 amide bonds. The van der Waals surface area contributed by atoms with Gasteiger partial charge < -0.3 is 15.4 Å². The van der Waals surface area contributed by atoms with Crippen LogP contribution in [0.3, 0.4) is 0 Å². The Morgan fingerprint density at radius 3 is 2.50 bits per heavy atom. The Bertz CT molecular complexity index is 847. The van der Waals surface area contributed by atoms with Gasteiger partial charge in [-0.1, -0.05) is 18.2 Å². The van der Waals surface area contributed by atoms with Gasteiger partial charge in [0.25, 0.3) is 11.8 Å². The van der Waals surface area contributed by atoms with Crippen molar-refractivity contribution in [1.29, 1.82) is 0 Å². The van der Waals surface area contributed by atoms with Crippen LogP contribution in [0.1, 0.15) is 33.3 Å². The minimum Gasteiger partial charge on any atom is -0.484 e. The minimum absolute atomic E-state index is 0.0786. The number of carbonyl (C=O) groups is 2. The van der Waals surface area contributed by atoms with Gasteiger partial charge in [0, 0.05) is 28.8 Å². The molecule has 7 heteroatoms. The molecule has 2 fully saturated rings. The van der Waals surface area contributed by atoms with Gasteiger partial charge in [-0.15, -0.1) is 23.5 Å². The van der Waals surface area contributed by atoms with E-state index in [2.05, 4.69) is 22.8 Å². The van der Waals surface area contributed by atoms with Crippen LogP contribution in [-0.4, -0.2) is 36.0 Å². The third-order valence-corrected chi connectivity index (χ3v) is 7.57. The summed E-state index contributed by atoms with van der Waals surface area (Å²) in [5.74, 6) is 2.69. The third-order valence-electron chi connectivity index (χ3n) is 4.47. The zero-order valence-corrected chi connectivity index (χ0v) is 17.0. The number of carbonyl (C=O) groups excluding carboxylic acids is 2. The molecule has 1 heterocycles. The second-order valence-electron chi connectivity index (χ2n) is 6.81. The molecule has 1 saturated heterocycles. The van der Waals surface area contributed by atoms with Gasteiger partial charge in [0.05, 0.1) is 4.58 Å². The molecule has 1 aliphatic carbocycles. The molecule has 28 heavy (non-hydrogen) atoms. The van der Waals surface area contributed by atoms with Crippen molar-refractivity contribution in [3.63, 3.8) is 0 Å². The molecule has 0 unspecified atom stereocenters. The molecule has 1 saturated carbocycles. The molecule has 4 rings (SSSR count). The van der Waals surface area contributed by atoms with Crippen molar-refractivity contribution >= 4 is 41.0 Å². The van der Waals surface area contributed by atoms with E-state index in [4.69, 9.17) is 4.74 Å². The van der Waals surface area contributed by atoms with Crippen molar-refractivity contribution in [2.45, 2.75) is 23.5 Å². The number of thioether (sulfide) groups is 2.